The van der Waals surface area contributed by atoms with E-state index in [9.17, 15) is 19.2 Å². The minimum absolute atomic E-state index is 0.00274. The van der Waals surface area contributed by atoms with Crippen LogP contribution in [0.4, 0.5) is 4.79 Å². The van der Waals surface area contributed by atoms with Gasteiger partial charge in [0.1, 0.15) is 19.8 Å². The van der Waals surface area contributed by atoms with Gasteiger partial charge in [-0.3, -0.25) is 14.4 Å². The number of rotatable bonds is 8. The molecule has 0 aromatic heterocycles. The van der Waals surface area contributed by atoms with E-state index in [4.69, 9.17) is 0 Å². The fourth-order valence-electron chi connectivity index (χ4n) is 0.962. The van der Waals surface area contributed by atoms with Gasteiger partial charge in [0.05, 0.1) is 13.1 Å². The van der Waals surface area contributed by atoms with E-state index in [0.29, 0.717) is 0 Å². The van der Waals surface area contributed by atoms with Crippen molar-refractivity contribution >= 4 is 23.9 Å². The van der Waals surface area contributed by atoms with Crippen LogP contribution in [0.15, 0.2) is 0 Å². The van der Waals surface area contributed by atoms with Gasteiger partial charge in [-0.2, -0.15) is 0 Å². The highest BCUT2D eigenvalue weighted by Crippen LogP contribution is 1.84. The summed E-state index contributed by atoms with van der Waals surface area (Å²) in [5.74, 6) is -1.31. The SMILES string of the molecule is CC(=O)OCCOC(=O)NCNC(=O)CCOC(C)=O. The molecule has 20 heavy (non-hydrogen) atoms. The first-order valence-electron chi connectivity index (χ1n) is 5.86. The Morgan fingerprint density at radius 2 is 1.35 bits per heavy atom. The van der Waals surface area contributed by atoms with E-state index in [1.54, 1.807) is 0 Å². The standard InChI is InChI=1S/C11H18N2O7/c1-8(14)18-4-3-10(16)12-7-13-11(17)20-6-5-19-9(2)15/h3-7H2,1-2H3,(H,12,16)(H,13,17). The van der Waals surface area contributed by atoms with E-state index in [1.165, 1.54) is 13.8 Å². The first-order chi connectivity index (χ1) is 9.41. The second kappa shape index (κ2) is 10.6. The van der Waals surface area contributed by atoms with Crippen LogP contribution in [0.25, 0.3) is 0 Å². The molecule has 0 fully saturated rings. The first kappa shape index (κ1) is 17.7. The lowest BCUT2D eigenvalue weighted by Gasteiger charge is -2.08. The summed E-state index contributed by atoms with van der Waals surface area (Å²) >= 11 is 0. The molecule has 9 nitrogen and oxygen atoms in total. The average Bonchev–Trinajstić information content (AvgIpc) is 2.34. The Morgan fingerprint density at radius 1 is 0.800 bits per heavy atom. The highest BCUT2D eigenvalue weighted by molar-refractivity contribution is 5.77. The van der Waals surface area contributed by atoms with E-state index < -0.39 is 18.0 Å². The largest absolute Gasteiger partial charge is 0.465 e. The number of carbonyl (C=O) groups excluding carboxylic acids is 4. The fraction of sp³-hybridized carbons (Fsp3) is 0.636. The number of hydrogen-bond donors (Lipinski definition) is 2. The summed E-state index contributed by atoms with van der Waals surface area (Å²) in [6, 6.07) is 0. The molecule has 0 saturated heterocycles. The van der Waals surface area contributed by atoms with Crippen LogP contribution in [0.5, 0.6) is 0 Å². The van der Waals surface area contributed by atoms with E-state index >= 15 is 0 Å². The Balaban J connectivity index is 3.48. The number of esters is 2. The van der Waals surface area contributed by atoms with Crippen LogP contribution in [0, 0.1) is 0 Å². The number of nitrogens with one attached hydrogen (secondary N) is 2. The van der Waals surface area contributed by atoms with E-state index in [1.807, 2.05) is 0 Å². The number of amides is 2. The summed E-state index contributed by atoms with van der Waals surface area (Å²) in [6.45, 7) is 2.24. The monoisotopic (exact) mass is 290 g/mol. The van der Waals surface area contributed by atoms with Crippen LogP contribution in [0.1, 0.15) is 20.3 Å². The molecule has 0 saturated carbocycles. The molecule has 0 unspecified atom stereocenters. The molecule has 0 spiro atoms. The maximum Gasteiger partial charge on any atom is 0.408 e. The summed E-state index contributed by atoms with van der Waals surface area (Å²) in [6.07, 6.45) is -0.750. The molecule has 2 amide bonds. The molecule has 0 rings (SSSR count). The van der Waals surface area contributed by atoms with Crippen LogP contribution in [0.3, 0.4) is 0 Å². The third-order valence-corrected chi connectivity index (χ3v) is 1.77. The summed E-state index contributed by atoms with van der Waals surface area (Å²) < 4.78 is 13.8. The first-order valence-corrected chi connectivity index (χ1v) is 5.86. The van der Waals surface area contributed by atoms with Crippen molar-refractivity contribution < 1.29 is 33.4 Å². The second-order valence-electron chi connectivity index (χ2n) is 3.52. The molecule has 0 bridgehead atoms. The molecule has 0 aliphatic rings. The molecular formula is C11H18N2O7. The number of alkyl carbamates (subject to hydrolysis) is 1. The van der Waals surface area contributed by atoms with Gasteiger partial charge in [-0.05, 0) is 0 Å². The van der Waals surface area contributed by atoms with Gasteiger partial charge in [0.15, 0.2) is 0 Å². The highest BCUT2D eigenvalue weighted by atomic mass is 16.6. The van der Waals surface area contributed by atoms with Gasteiger partial charge in [0.25, 0.3) is 0 Å². The van der Waals surface area contributed by atoms with Gasteiger partial charge >= 0.3 is 18.0 Å². The van der Waals surface area contributed by atoms with Gasteiger partial charge in [0.2, 0.25) is 5.91 Å². The van der Waals surface area contributed by atoms with Crippen LogP contribution in [-0.2, 0) is 28.6 Å². The zero-order chi connectivity index (χ0) is 15.4. The molecule has 0 aliphatic carbocycles. The molecule has 0 aromatic rings. The Kier molecular flexibility index (Phi) is 9.36. The van der Waals surface area contributed by atoms with Gasteiger partial charge < -0.3 is 24.8 Å². The van der Waals surface area contributed by atoms with E-state index in [-0.39, 0.29) is 38.8 Å². The predicted octanol–water partition coefficient (Wildman–Crippen LogP) is -0.697. The zero-order valence-corrected chi connectivity index (χ0v) is 11.4. The second-order valence-corrected chi connectivity index (χ2v) is 3.52. The number of carbonyl (C=O) groups is 4. The quantitative estimate of drug-likeness (QED) is 0.262. The lowest BCUT2D eigenvalue weighted by atomic mass is 10.4. The summed E-state index contributed by atoms with van der Waals surface area (Å²) in [7, 11) is 0. The van der Waals surface area contributed by atoms with E-state index in [2.05, 4.69) is 24.8 Å². The number of hydrogen-bond acceptors (Lipinski definition) is 7. The van der Waals surface area contributed by atoms with Crippen molar-refractivity contribution in [1.82, 2.24) is 10.6 Å². The summed E-state index contributed by atoms with van der Waals surface area (Å²) in [4.78, 5) is 43.1. The van der Waals surface area contributed by atoms with Gasteiger partial charge in [0, 0.05) is 13.8 Å². The summed E-state index contributed by atoms with van der Waals surface area (Å²) in [5, 5.41) is 4.63. The van der Waals surface area contributed by atoms with Crippen molar-refractivity contribution in [2.45, 2.75) is 20.3 Å². The van der Waals surface area contributed by atoms with Crippen molar-refractivity contribution in [3.63, 3.8) is 0 Å². The third kappa shape index (κ3) is 12.1. The smallest absolute Gasteiger partial charge is 0.408 e. The molecular weight excluding hydrogens is 272 g/mol. The maximum absolute atomic E-state index is 11.2. The Labute approximate surface area is 115 Å². The van der Waals surface area contributed by atoms with Gasteiger partial charge in [-0.1, -0.05) is 0 Å². The molecule has 0 atom stereocenters. The number of ether oxygens (including phenoxy) is 3. The van der Waals surface area contributed by atoms with Crippen LogP contribution in [-0.4, -0.2) is 50.4 Å². The van der Waals surface area contributed by atoms with Crippen LogP contribution < -0.4 is 10.6 Å². The lowest BCUT2D eigenvalue weighted by Crippen LogP contribution is -2.38. The normalized spacial score (nSPS) is 9.30. The molecule has 9 heteroatoms. The predicted molar refractivity (Wildman–Crippen MR) is 65.4 cm³/mol. The fourth-order valence-corrected chi connectivity index (χ4v) is 0.962. The van der Waals surface area contributed by atoms with Crippen molar-refractivity contribution in [2.24, 2.45) is 0 Å². The summed E-state index contributed by atoms with van der Waals surface area (Å²) in [5.41, 5.74) is 0. The Bertz CT molecular complexity index is 357. The minimum atomic E-state index is -0.752. The third-order valence-electron chi connectivity index (χ3n) is 1.77. The zero-order valence-electron chi connectivity index (χ0n) is 11.4. The van der Waals surface area contributed by atoms with Crippen molar-refractivity contribution in [3.8, 4) is 0 Å². The van der Waals surface area contributed by atoms with Crippen molar-refractivity contribution in [1.29, 1.82) is 0 Å². The molecule has 114 valence electrons. The average molecular weight is 290 g/mol. The van der Waals surface area contributed by atoms with Gasteiger partial charge in [-0.25, -0.2) is 4.79 Å². The Hall–Kier alpha value is -2.32. The van der Waals surface area contributed by atoms with Crippen molar-refractivity contribution in [3.05, 3.63) is 0 Å². The van der Waals surface area contributed by atoms with Gasteiger partial charge in [-0.15, -0.1) is 0 Å². The molecule has 0 aromatic carbocycles. The highest BCUT2D eigenvalue weighted by Gasteiger charge is 2.05. The molecule has 0 radical (unpaired) electrons. The van der Waals surface area contributed by atoms with E-state index in [0.717, 1.165) is 0 Å². The molecule has 0 aliphatic heterocycles. The lowest BCUT2D eigenvalue weighted by molar-refractivity contribution is -0.143. The minimum Gasteiger partial charge on any atom is -0.465 e. The van der Waals surface area contributed by atoms with Crippen LogP contribution >= 0.6 is 0 Å². The van der Waals surface area contributed by atoms with Crippen LogP contribution in [0.2, 0.25) is 0 Å². The molecule has 2 N–H and O–H groups in total. The van der Waals surface area contributed by atoms with Crippen molar-refractivity contribution in [2.75, 3.05) is 26.5 Å². The maximum atomic E-state index is 11.2. The Morgan fingerprint density at radius 3 is 1.95 bits per heavy atom. The topological polar surface area (TPSA) is 120 Å². The molecule has 0 heterocycles.